The lowest BCUT2D eigenvalue weighted by Crippen LogP contribution is -2.48. The minimum atomic E-state index is -1.56. The van der Waals surface area contributed by atoms with Crippen molar-refractivity contribution >= 4 is 41.3 Å². The molecule has 2 aliphatic heterocycles. The fraction of sp³-hybridized carbons (Fsp3) is 0.472. The smallest absolute Gasteiger partial charge is 0.410 e. The van der Waals surface area contributed by atoms with Crippen LogP contribution in [-0.4, -0.2) is 92.5 Å². The van der Waals surface area contributed by atoms with E-state index in [2.05, 4.69) is 10.3 Å². The molecule has 4 aliphatic rings. The Balaban J connectivity index is 1.21. The summed E-state index contributed by atoms with van der Waals surface area (Å²) in [6.45, 7) is 1.66. The number of benzene rings is 1. The van der Waals surface area contributed by atoms with E-state index in [1.165, 1.54) is 0 Å². The van der Waals surface area contributed by atoms with E-state index in [0.29, 0.717) is 92.1 Å². The number of nitrogens with one attached hydrogen (secondary N) is 1. The molecule has 0 spiro atoms. The van der Waals surface area contributed by atoms with Crippen LogP contribution in [0.25, 0.3) is 11.6 Å². The summed E-state index contributed by atoms with van der Waals surface area (Å²) >= 11 is 6.68. The molecule has 3 fully saturated rings. The summed E-state index contributed by atoms with van der Waals surface area (Å²) in [6, 6.07) is 8.03. The zero-order valence-corrected chi connectivity index (χ0v) is 28.9. The molecule has 0 radical (unpaired) electrons. The van der Waals surface area contributed by atoms with Crippen LogP contribution >= 0.6 is 11.6 Å². The number of pyridine rings is 1. The van der Waals surface area contributed by atoms with Crippen molar-refractivity contribution in [2.75, 3.05) is 33.3 Å². The van der Waals surface area contributed by atoms with Crippen LogP contribution in [0.4, 0.5) is 9.59 Å². The van der Waals surface area contributed by atoms with Crippen LogP contribution in [0, 0.1) is 5.92 Å². The van der Waals surface area contributed by atoms with Crippen molar-refractivity contribution in [3.63, 3.8) is 0 Å². The summed E-state index contributed by atoms with van der Waals surface area (Å²) in [5.41, 5.74) is 6.91. The number of imidazole rings is 1. The van der Waals surface area contributed by atoms with Crippen molar-refractivity contribution in [2.45, 2.75) is 61.9 Å². The number of nitrogens with two attached hydrogens (primary N) is 1. The summed E-state index contributed by atoms with van der Waals surface area (Å²) in [6.07, 6.45) is 9.65. The molecule has 2 aliphatic carbocycles. The van der Waals surface area contributed by atoms with E-state index >= 15 is 0 Å². The van der Waals surface area contributed by atoms with Gasteiger partial charge in [-0.1, -0.05) is 23.7 Å². The Morgan fingerprint density at radius 2 is 1.80 bits per heavy atom. The standard InChI is InChI=1S/C36H42ClN7O6/c1-42-21-39-20-29(42)30(41-32(45)35(49-2)11-12-35)27-18-22-4-3-13-40-31(22)36(48,28-6-5-24(37)19-26(27)28)23-7-14-44(15-8-23)34(47)50-25-9-16-43(17-10-25)33(38)46/h3-6,13,18-21,23,25,30,48H,7-12,14-17H2,1-2H3,(H2,38,46)(H,41,45). The molecular weight excluding hydrogens is 662 g/mol. The monoisotopic (exact) mass is 703 g/mol. The zero-order chi connectivity index (χ0) is 35.2. The number of nitrogens with zero attached hydrogens (tertiary/aromatic N) is 5. The number of hydrogen-bond acceptors (Lipinski definition) is 8. The number of amides is 4. The first-order valence-corrected chi connectivity index (χ1v) is 17.4. The minimum absolute atomic E-state index is 0.223. The number of aliphatic hydroxyl groups is 1. The highest BCUT2D eigenvalue weighted by Crippen LogP contribution is 2.50. The van der Waals surface area contributed by atoms with Gasteiger partial charge in [-0.2, -0.15) is 0 Å². The molecule has 2 atom stereocenters. The maximum atomic E-state index is 13.7. The number of fused-ring (bicyclic) bond motifs is 2. The van der Waals surface area contributed by atoms with Gasteiger partial charge < -0.3 is 40.0 Å². The summed E-state index contributed by atoms with van der Waals surface area (Å²) in [4.78, 5) is 50.8. The normalized spacial score (nSPS) is 22.4. The number of rotatable bonds is 7. The number of aryl methyl sites for hydroxylation is 1. The third-order valence-electron chi connectivity index (χ3n) is 10.8. The zero-order valence-electron chi connectivity index (χ0n) is 28.2. The molecule has 2 saturated heterocycles. The molecule has 3 aromatic rings. The highest BCUT2D eigenvalue weighted by atomic mass is 35.5. The van der Waals surface area contributed by atoms with Gasteiger partial charge in [-0.25, -0.2) is 14.6 Å². The van der Waals surface area contributed by atoms with Crippen molar-refractivity contribution in [3.8, 4) is 0 Å². The van der Waals surface area contributed by atoms with Crippen LogP contribution in [0.2, 0.25) is 5.02 Å². The van der Waals surface area contributed by atoms with E-state index in [0.717, 1.165) is 11.3 Å². The van der Waals surface area contributed by atoms with Crippen LogP contribution in [-0.2, 0) is 26.9 Å². The number of primary amides is 1. The lowest BCUT2D eigenvalue weighted by atomic mass is 9.72. The highest BCUT2D eigenvalue weighted by molar-refractivity contribution is 6.30. The largest absolute Gasteiger partial charge is 0.446 e. The van der Waals surface area contributed by atoms with Gasteiger partial charge in [-0.05, 0) is 72.2 Å². The molecule has 4 amide bonds. The average molecular weight is 704 g/mol. The molecule has 2 unspecified atom stereocenters. The third kappa shape index (κ3) is 6.11. The van der Waals surface area contributed by atoms with Gasteiger partial charge in [0, 0.05) is 70.3 Å². The van der Waals surface area contributed by atoms with Gasteiger partial charge >= 0.3 is 12.1 Å². The SMILES string of the molecule is COC1(C(=O)NC(C2=Cc3cccnc3C(O)(C3CCN(C(=O)OC4CCN(C(N)=O)CC4)CC3)c3ccc(Cl)cc32)c2cncn2C)CC1. The molecule has 14 heteroatoms. The number of hydrogen-bond donors (Lipinski definition) is 3. The Hall–Kier alpha value is -4.46. The van der Waals surface area contributed by atoms with E-state index < -0.39 is 29.4 Å². The summed E-state index contributed by atoms with van der Waals surface area (Å²) in [5, 5.41) is 16.9. The van der Waals surface area contributed by atoms with Gasteiger partial charge in [-0.15, -0.1) is 0 Å². The van der Waals surface area contributed by atoms with Crippen molar-refractivity contribution in [3.05, 3.63) is 82.2 Å². The molecule has 7 rings (SSSR count). The predicted octanol–water partition coefficient (Wildman–Crippen LogP) is 3.99. The molecule has 4 heterocycles. The maximum Gasteiger partial charge on any atom is 0.410 e. The van der Waals surface area contributed by atoms with Gasteiger partial charge in [0.1, 0.15) is 17.3 Å². The van der Waals surface area contributed by atoms with Crippen LogP contribution in [0.1, 0.15) is 72.6 Å². The molecule has 0 bridgehead atoms. The van der Waals surface area contributed by atoms with Crippen molar-refractivity contribution in [1.82, 2.24) is 29.7 Å². The Kier molecular flexibility index (Phi) is 9.08. The fourth-order valence-corrected chi connectivity index (χ4v) is 7.89. The van der Waals surface area contributed by atoms with Crippen LogP contribution in [0.3, 0.4) is 0 Å². The Labute approximate surface area is 295 Å². The quantitative estimate of drug-likeness (QED) is 0.333. The van der Waals surface area contributed by atoms with E-state index in [1.54, 1.807) is 41.7 Å². The van der Waals surface area contributed by atoms with Crippen LogP contribution < -0.4 is 11.1 Å². The molecule has 2 aromatic heterocycles. The van der Waals surface area contributed by atoms with Gasteiger partial charge in [0.25, 0.3) is 5.91 Å². The van der Waals surface area contributed by atoms with E-state index in [-0.39, 0.29) is 17.9 Å². The third-order valence-corrected chi connectivity index (χ3v) is 11.1. The van der Waals surface area contributed by atoms with Crippen molar-refractivity contribution < 1.29 is 29.0 Å². The Morgan fingerprint density at radius 3 is 2.44 bits per heavy atom. The second kappa shape index (κ2) is 13.3. The first-order chi connectivity index (χ1) is 24.0. The molecule has 4 N–H and O–H groups in total. The molecule has 1 aromatic carbocycles. The van der Waals surface area contributed by atoms with Gasteiger partial charge in [-0.3, -0.25) is 9.78 Å². The minimum Gasteiger partial charge on any atom is -0.446 e. The molecule has 1 saturated carbocycles. The topological polar surface area (TPSA) is 165 Å². The van der Waals surface area contributed by atoms with Crippen LogP contribution in [0.15, 0.2) is 49.1 Å². The maximum absolute atomic E-state index is 13.7. The number of halogens is 1. The second-order valence-electron chi connectivity index (χ2n) is 13.7. The van der Waals surface area contributed by atoms with Crippen LogP contribution in [0.5, 0.6) is 0 Å². The molecule has 50 heavy (non-hydrogen) atoms. The Morgan fingerprint density at radius 1 is 1.08 bits per heavy atom. The molecular formula is C36H42ClN7O6. The summed E-state index contributed by atoms with van der Waals surface area (Å²) < 4.78 is 13.3. The van der Waals surface area contributed by atoms with E-state index in [9.17, 15) is 19.5 Å². The number of likely N-dealkylation sites (tertiary alicyclic amines) is 2. The highest BCUT2D eigenvalue weighted by Gasteiger charge is 2.52. The number of piperidine rings is 2. The van der Waals surface area contributed by atoms with Crippen molar-refractivity contribution in [1.29, 1.82) is 0 Å². The number of aromatic nitrogens is 3. The first kappa shape index (κ1) is 34.0. The van der Waals surface area contributed by atoms with E-state index in [4.69, 9.17) is 31.8 Å². The summed E-state index contributed by atoms with van der Waals surface area (Å²) in [5.74, 6) is -0.543. The lowest BCUT2D eigenvalue weighted by molar-refractivity contribution is -0.134. The fourth-order valence-electron chi connectivity index (χ4n) is 7.71. The Bertz CT molecular complexity index is 1830. The average Bonchev–Trinajstić information content (AvgIpc) is 3.84. The second-order valence-corrected chi connectivity index (χ2v) is 14.1. The molecule has 13 nitrogen and oxygen atoms in total. The van der Waals surface area contributed by atoms with Gasteiger partial charge in [0.2, 0.25) is 0 Å². The number of urea groups is 1. The van der Waals surface area contributed by atoms with Gasteiger partial charge in [0.05, 0.1) is 30.0 Å². The summed E-state index contributed by atoms with van der Waals surface area (Å²) in [7, 11) is 3.42. The number of ether oxygens (including phenoxy) is 2. The number of methoxy groups -OCH3 is 1. The first-order valence-electron chi connectivity index (χ1n) is 17.1. The van der Waals surface area contributed by atoms with E-state index in [1.807, 2.05) is 42.0 Å². The predicted molar refractivity (Wildman–Crippen MR) is 185 cm³/mol. The number of carbonyl (C=O) groups excluding carboxylic acids is 3. The molecule has 264 valence electrons. The lowest BCUT2D eigenvalue weighted by Gasteiger charge is -2.42. The van der Waals surface area contributed by atoms with Crippen molar-refractivity contribution in [2.24, 2.45) is 18.7 Å². The number of carbonyl (C=O) groups is 3. The van der Waals surface area contributed by atoms with Gasteiger partial charge in [0.15, 0.2) is 0 Å².